The van der Waals surface area contributed by atoms with Crippen LogP contribution in [0.5, 0.6) is 5.88 Å². The van der Waals surface area contributed by atoms with E-state index in [1.165, 1.54) is 24.3 Å². The largest absolute Gasteiger partial charge is 0.468 e. The Hall–Kier alpha value is -3.72. The molecule has 2 N–H and O–H groups in total. The Kier molecular flexibility index (Phi) is 7.68. The lowest BCUT2D eigenvalue weighted by molar-refractivity contribution is -0.154. The Morgan fingerprint density at radius 3 is 2.39 bits per heavy atom. The van der Waals surface area contributed by atoms with Crippen molar-refractivity contribution >= 4 is 20.9 Å². The molecule has 15 heteroatoms. The van der Waals surface area contributed by atoms with Gasteiger partial charge in [0.25, 0.3) is 0 Å². The highest BCUT2D eigenvalue weighted by Gasteiger charge is 2.38. The first kappa shape index (κ1) is 28.8. The third-order valence-electron chi connectivity index (χ3n) is 6.70. The molecule has 0 saturated heterocycles. The number of fused-ring (bicyclic) bond motifs is 1. The molecule has 0 spiro atoms. The molecule has 1 aliphatic carbocycles. The predicted molar refractivity (Wildman–Crippen MR) is 136 cm³/mol. The standard InChI is InChI=1S/C26H23F6N5O3S/c27-25(28,29)14-40-22-10-9-15-5-4-8-18(24(15)34-22)19-11-17(41(38,39)36-16-6-2-1-3-7-16)12-20(26(30,31)32)23(19)21-13-33-37-35-21/h4-5,8-13,16,36H,1-3,6-7,14H2,(H,33,35,37). The van der Waals surface area contributed by atoms with Crippen LogP contribution in [0.1, 0.15) is 37.7 Å². The Labute approximate surface area is 230 Å². The maximum absolute atomic E-state index is 14.5. The lowest BCUT2D eigenvalue weighted by Gasteiger charge is -2.24. The van der Waals surface area contributed by atoms with Crippen LogP contribution >= 0.6 is 0 Å². The van der Waals surface area contributed by atoms with E-state index in [2.05, 4.69) is 25.1 Å². The van der Waals surface area contributed by atoms with Crippen molar-refractivity contribution in [3.8, 4) is 28.3 Å². The molecule has 2 heterocycles. The molecule has 2 aromatic heterocycles. The Morgan fingerprint density at radius 1 is 0.976 bits per heavy atom. The summed E-state index contributed by atoms with van der Waals surface area (Å²) in [5, 5.41) is 9.99. The fourth-order valence-electron chi connectivity index (χ4n) is 4.90. The second-order valence-corrected chi connectivity index (χ2v) is 11.4. The first-order valence-corrected chi connectivity index (χ1v) is 14.0. The monoisotopic (exact) mass is 599 g/mol. The maximum Gasteiger partial charge on any atom is 0.422 e. The molecular weight excluding hydrogens is 576 g/mol. The number of H-pyrrole nitrogens is 1. The number of aromatic nitrogens is 4. The van der Waals surface area contributed by atoms with E-state index in [-0.39, 0.29) is 22.3 Å². The number of nitrogens with one attached hydrogen (secondary N) is 2. The molecule has 0 bridgehead atoms. The van der Waals surface area contributed by atoms with Gasteiger partial charge in [-0.2, -0.15) is 26.3 Å². The number of hydrogen-bond donors (Lipinski definition) is 2. The second-order valence-electron chi connectivity index (χ2n) is 9.64. The van der Waals surface area contributed by atoms with Crippen LogP contribution in [0.15, 0.2) is 53.6 Å². The molecule has 1 fully saturated rings. The molecule has 1 saturated carbocycles. The fourth-order valence-corrected chi connectivity index (χ4v) is 6.25. The predicted octanol–water partition coefficient (Wildman–Crippen LogP) is 6.26. The van der Waals surface area contributed by atoms with E-state index in [4.69, 9.17) is 4.74 Å². The highest BCUT2D eigenvalue weighted by Crippen LogP contribution is 2.45. The molecule has 5 rings (SSSR count). The van der Waals surface area contributed by atoms with Crippen LogP contribution in [-0.4, -0.2) is 47.6 Å². The zero-order valence-corrected chi connectivity index (χ0v) is 22.0. The van der Waals surface area contributed by atoms with Crippen LogP contribution in [0, 0.1) is 0 Å². The van der Waals surface area contributed by atoms with Gasteiger partial charge in [-0.3, -0.25) is 5.10 Å². The molecule has 41 heavy (non-hydrogen) atoms. The first-order chi connectivity index (χ1) is 19.3. The van der Waals surface area contributed by atoms with Gasteiger partial charge < -0.3 is 4.74 Å². The van der Waals surface area contributed by atoms with Gasteiger partial charge in [-0.25, -0.2) is 18.1 Å². The number of aromatic amines is 1. The average Bonchev–Trinajstić information content (AvgIpc) is 3.45. The van der Waals surface area contributed by atoms with Gasteiger partial charge in [-0.05, 0) is 36.6 Å². The summed E-state index contributed by atoms with van der Waals surface area (Å²) in [4.78, 5) is 3.52. The van der Waals surface area contributed by atoms with Gasteiger partial charge in [0.15, 0.2) is 6.61 Å². The van der Waals surface area contributed by atoms with Gasteiger partial charge in [0.1, 0.15) is 5.69 Å². The molecule has 0 unspecified atom stereocenters. The van der Waals surface area contributed by atoms with Gasteiger partial charge in [0.2, 0.25) is 15.9 Å². The SMILES string of the molecule is O=S(=O)(NC1CCCCC1)c1cc(-c2cccc3ccc(OCC(F)(F)F)nc23)c(-c2c[nH]nn2)c(C(F)(F)F)c1. The molecule has 0 atom stereocenters. The smallest absolute Gasteiger partial charge is 0.422 e. The summed E-state index contributed by atoms with van der Waals surface area (Å²) >= 11 is 0. The molecule has 0 amide bonds. The molecule has 2 aromatic carbocycles. The normalized spacial score (nSPS) is 15.4. The minimum absolute atomic E-state index is 0.000156. The summed E-state index contributed by atoms with van der Waals surface area (Å²) < 4.78 is 116. The Morgan fingerprint density at radius 2 is 1.73 bits per heavy atom. The molecule has 218 valence electrons. The number of para-hydroxylation sites is 1. The van der Waals surface area contributed by atoms with Gasteiger partial charge >= 0.3 is 12.4 Å². The zero-order chi connectivity index (χ0) is 29.4. The van der Waals surface area contributed by atoms with Crippen LogP contribution in [0.4, 0.5) is 26.3 Å². The van der Waals surface area contributed by atoms with Crippen molar-refractivity contribution in [3.63, 3.8) is 0 Å². The summed E-state index contributed by atoms with van der Waals surface area (Å²) in [7, 11) is -4.41. The third-order valence-corrected chi connectivity index (χ3v) is 8.20. The second kappa shape index (κ2) is 10.9. The van der Waals surface area contributed by atoms with Crippen LogP contribution in [0.3, 0.4) is 0 Å². The molecule has 0 radical (unpaired) electrons. The summed E-state index contributed by atoms with van der Waals surface area (Å²) in [6.45, 7) is -1.63. The number of sulfonamides is 1. The van der Waals surface area contributed by atoms with Crippen molar-refractivity contribution in [3.05, 3.63) is 54.2 Å². The van der Waals surface area contributed by atoms with Crippen LogP contribution < -0.4 is 9.46 Å². The van der Waals surface area contributed by atoms with Crippen LogP contribution in [-0.2, 0) is 16.2 Å². The highest BCUT2D eigenvalue weighted by atomic mass is 32.2. The molecule has 0 aliphatic heterocycles. The minimum atomic E-state index is -5.02. The lowest BCUT2D eigenvalue weighted by Crippen LogP contribution is -2.36. The van der Waals surface area contributed by atoms with Crippen LogP contribution in [0.25, 0.3) is 33.3 Å². The average molecular weight is 600 g/mol. The molecule has 8 nitrogen and oxygen atoms in total. The highest BCUT2D eigenvalue weighted by molar-refractivity contribution is 7.89. The van der Waals surface area contributed by atoms with Crippen molar-refractivity contribution in [2.24, 2.45) is 0 Å². The van der Waals surface area contributed by atoms with Gasteiger partial charge in [-0.15, -0.1) is 5.10 Å². The molecule has 4 aromatic rings. The zero-order valence-electron chi connectivity index (χ0n) is 21.2. The number of pyridine rings is 1. The van der Waals surface area contributed by atoms with Crippen molar-refractivity contribution in [1.82, 2.24) is 25.1 Å². The van der Waals surface area contributed by atoms with Gasteiger partial charge in [0.05, 0.1) is 22.2 Å². The quantitative estimate of drug-likeness (QED) is 0.243. The van der Waals surface area contributed by atoms with E-state index in [1.54, 1.807) is 6.07 Å². The number of halogens is 6. The summed E-state index contributed by atoms with van der Waals surface area (Å²) in [5.41, 5.74) is -2.16. The number of nitrogens with zero attached hydrogens (tertiary/aromatic N) is 3. The number of benzene rings is 2. The fraction of sp³-hybridized carbons (Fsp3) is 0.346. The van der Waals surface area contributed by atoms with Gasteiger partial charge in [0, 0.05) is 28.6 Å². The van der Waals surface area contributed by atoms with Crippen molar-refractivity contribution < 1.29 is 39.5 Å². The number of alkyl halides is 6. The molecular formula is C26H23F6N5O3S. The van der Waals surface area contributed by atoms with Crippen molar-refractivity contribution in [2.75, 3.05) is 6.61 Å². The molecule has 1 aliphatic rings. The van der Waals surface area contributed by atoms with Gasteiger partial charge in [-0.1, -0.05) is 42.7 Å². The van der Waals surface area contributed by atoms with Crippen molar-refractivity contribution in [1.29, 1.82) is 0 Å². The van der Waals surface area contributed by atoms with Crippen LogP contribution in [0.2, 0.25) is 0 Å². The topological polar surface area (TPSA) is 110 Å². The van der Waals surface area contributed by atoms with Crippen molar-refractivity contribution in [2.45, 2.75) is 55.4 Å². The van der Waals surface area contributed by atoms with E-state index in [0.29, 0.717) is 24.3 Å². The minimum Gasteiger partial charge on any atom is -0.468 e. The Bertz CT molecular complexity index is 1650. The summed E-state index contributed by atoms with van der Waals surface area (Å²) in [6, 6.07) is 8.29. The number of hydrogen-bond acceptors (Lipinski definition) is 6. The number of rotatable bonds is 7. The van der Waals surface area contributed by atoms with E-state index < -0.39 is 56.9 Å². The Balaban J connectivity index is 1.74. The lowest BCUT2D eigenvalue weighted by atomic mass is 9.92. The summed E-state index contributed by atoms with van der Waals surface area (Å²) in [5.74, 6) is -0.413. The first-order valence-electron chi connectivity index (χ1n) is 12.6. The summed E-state index contributed by atoms with van der Waals surface area (Å²) in [6.07, 6.45) is -4.90. The third kappa shape index (κ3) is 6.45. The van der Waals surface area contributed by atoms with E-state index in [1.807, 2.05) is 0 Å². The number of ether oxygens (including phenoxy) is 1. The maximum atomic E-state index is 14.5. The van der Waals surface area contributed by atoms with E-state index in [0.717, 1.165) is 31.5 Å². The van der Waals surface area contributed by atoms with E-state index >= 15 is 0 Å². The van der Waals surface area contributed by atoms with E-state index in [9.17, 15) is 34.8 Å².